The molecule has 6 nitrogen and oxygen atoms in total. The predicted molar refractivity (Wildman–Crippen MR) is 115 cm³/mol. The highest BCUT2D eigenvalue weighted by molar-refractivity contribution is 6.33. The molecule has 30 heavy (non-hydrogen) atoms. The number of benzene rings is 3. The third kappa shape index (κ3) is 3.27. The number of nitrogens with zero attached hydrogens (tertiary/aromatic N) is 1. The molecular formula is C22H15ClFN3O3. The molecule has 150 valence electrons. The van der Waals surface area contributed by atoms with Gasteiger partial charge < -0.3 is 19.8 Å². The van der Waals surface area contributed by atoms with Crippen molar-refractivity contribution in [2.75, 3.05) is 19.5 Å². The molecule has 0 unspecified atom stereocenters. The first-order chi connectivity index (χ1) is 14.4. The first-order valence-corrected chi connectivity index (χ1v) is 9.20. The Kier molecular flexibility index (Phi) is 4.94. The fourth-order valence-corrected chi connectivity index (χ4v) is 3.50. The third-order valence-corrected chi connectivity index (χ3v) is 5.10. The van der Waals surface area contributed by atoms with Gasteiger partial charge in [0.15, 0.2) is 17.3 Å². The number of rotatable bonds is 4. The van der Waals surface area contributed by atoms with Crippen LogP contribution in [0, 0.1) is 17.1 Å². The molecule has 8 heteroatoms. The smallest absolute Gasteiger partial charge is 0.220 e. The highest BCUT2D eigenvalue weighted by Crippen LogP contribution is 2.36. The average molecular weight is 424 g/mol. The summed E-state index contributed by atoms with van der Waals surface area (Å²) in [6, 6.07) is 11.5. The molecule has 0 saturated carbocycles. The van der Waals surface area contributed by atoms with Crippen molar-refractivity contribution < 1.29 is 13.9 Å². The van der Waals surface area contributed by atoms with Crippen molar-refractivity contribution in [2.24, 2.45) is 0 Å². The number of anilines is 2. The molecule has 0 amide bonds. The van der Waals surface area contributed by atoms with Gasteiger partial charge in [-0.05, 0) is 41.1 Å². The fraction of sp³-hybridized carbons (Fsp3) is 0.0909. The number of fused-ring (bicyclic) bond motifs is 2. The molecule has 0 saturated heterocycles. The molecule has 0 spiro atoms. The second kappa shape index (κ2) is 7.58. The summed E-state index contributed by atoms with van der Waals surface area (Å²) in [5, 5.41) is 15.0. The molecule has 0 aliphatic heterocycles. The fourth-order valence-electron chi connectivity index (χ4n) is 3.30. The maximum absolute atomic E-state index is 13.9. The van der Waals surface area contributed by atoms with Crippen LogP contribution >= 0.6 is 11.6 Å². The van der Waals surface area contributed by atoms with Crippen molar-refractivity contribution in [1.29, 1.82) is 5.26 Å². The largest absolute Gasteiger partial charge is 0.494 e. The highest BCUT2D eigenvalue weighted by Gasteiger charge is 2.15. The Morgan fingerprint density at radius 3 is 2.50 bits per heavy atom. The number of halogens is 2. The molecule has 3 aromatic carbocycles. The summed E-state index contributed by atoms with van der Waals surface area (Å²) in [7, 11) is 2.79. The van der Waals surface area contributed by atoms with Crippen molar-refractivity contribution in [3.8, 4) is 17.6 Å². The molecule has 1 aromatic heterocycles. The second-order valence-electron chi connectivity index (χ2n) is 6.53. The summed E-state index contributed by atoms with van der Waals surface area (Å²) in [5.41, 5.74) is 1.66. The van der Waals surface area contributed by atoms with Crippen LogP contribution in [0.5, 0.6) is 11.5 Å². The maximum Gasteiger partial charge on any atom is 0.220 e. The SMILES string of the molecule is COc1cc(Nc2c(C#N)c[nH]c3cc4cc(=O)c(OC)cc4cc23)c(Cl)cc1F. The van der Waals surface area contributed by atoms with E-state index in [9.17, 15) is 14.4 Å². The van der Waals surface area contributed by atoms with Crippen molar-refractivity contribution in [3.05, 3.63) is 69.2 Å². The van der Waals surface area contributed by atoms with Crippen LogP contribution in [0.3, 0.4) is 0 Å². The van der Waals surface area contributed by atoms with Crippen LogP contribution < -0.4 is 20.2 Å². The van der Waals surface area contributed by atoms with Crippen LogP contribution in [0.15, 0.2) is 47.4 Å². The van der Waals surface area contributed by atoms with Crippen molar-refractivity contribution in [3.63, 3.8) is 0 Å². The monoisotopic (exact) mass is 423 g/mol. The van der Waals surface area contributed by atoms with Crippen LogP contribution in [0.1, 0.15) is 5.56 Å². The number of methoxy groups -OCH3 is 2. The summed E-state index contributed by atoms with van der Waals surface area (Å²) < 4.78 is 24.1. The van der Waals surface area contributed by atoms with E-state index >= 15 is 0 Å². The Morgan fingerprint density at radius 2 is 1.80 bits per heavy atom. The van der Waals surface area contributed by atoms with Crippen LogP contribution in [0.25, 0.3) is 21.7 Å². The molecule has 0 aliphatic rings. The molecule has 1 heterocycles. The van der Waals surface area contributed by atoms with Gasteiger partial charge in [-0.3, -0.25) is 4.79 Å². The topological polar surface area (TPSA) is 87.1 Å². The number of aromatic nitrogens is 1. The predicted octanol–water partition coefficient (Wildman–Crippen LogP) is 5.11. The van der Waals surface area contributed by atoms with Gasteiger partial charge in [-0.1, -0.05) is 11.6 Å². The van der Waals surface area contributed by atoms with E-state index in [1.807, 2.05) is 12.1 Å². The molecule has 4 aromatic rings. The minimum absolute atomic E-state index is 0.0189. The molecule has 0 fully saturated rings. The number of nitrogens with one attached hydrogen (secondary N) is 2. The van der Waals surface area contributed by atoms with E-state index in [1.165, 1.54) is 26.4 Å². The Balaban J connectivity index is 1.97. The number of nitriles is 1. The molecule has 2 N–H and O–H groups in total. The van der Waals surface area contributed by atoms with Gasteiger partial charge >= 0.3 is 0 Å². The lowest BCUT2D eigenvalue weighted by Gasteiger charge is -2.15. The molecule has 0 radical (unpaired) electrons. The lowest BCUT2D eigenvalue weighted by molar-refractivity contribution is 0.387. The Hall–Kier alpha value is -3.76. The number of hydrogen-bond acceptors (Lipinski definition) is 5. The van der Waals surface area contributed by atoms with E-state index in [0.717, 1.165) is 16.8 Å². The average Bonchev–Trinajstić information content (AvgIpc) is 2.74. The van der Waals surface area contributed by atoms with Crippen molar-refractivity contribution in [1.82, 2.24) is 4.98 Å². The molecular weight excluding hydrogens is 409 g/mol. The summed E-state index contributed by atoms with van der Waals surface area (Å²) in [6.07, 6.45) is 1.55. The lowest BCUT2D eigenvalue weighted by Crippen LogP contribution is -2.03. The van der Waals surface area contributed by atoms with Crippen LogP contribution in [-0.4, -0.2) is 19.2 Å². The van der Waals surface area contributed by atoms with E-state index in [4.69, 9.17) is 21.1 Å². The third-order valence-electron chi connectivity index (χ3n) is 4.79. The van der Waals surface area contributed by atoms with Gasteiger partial charge in [0.1, 0.15) is 6.07 Å². The minimum atomic E-state index is -0.591. The van der Waals surface area contributed by atoms with Gasteiger partial charge in [0.05, 0.1) is 36.2 Å². The van der Waals surface area contributed by atoms with Crippen LogP contribution in [0.4, 0.5) is 15.8 Å². The molecule has 0 atom stereocenters. The molecule has 0 aliphatic carbocycles. The van der Waals surface area contributed by atoms with Gasteiger partial charge in [0, 0.05) is 23.2 Å². The second-order valence-corrected chi connectivity index (χ2v) is 6.94. The lowest BCUT2D eigenvalue weighted by atomic mass is 10.0. The highest BCUT2D eigenvalue weighted by atomic mass is 35.5. The summed E-state index contributed by atoms with van der Waals surface area (Å²) in [5.74, 6) is -0.347. The Bertz CT molecular complexity index is 1410. The normalized spacial score (nSPS) is 10.8. The number of pyridine rings is 1. The van der Waals surface area contributed by atoms with Gasteiger partial charge in [-0.15, -0.1) is 0 Å². The Labute approximate surface area is 175 Å². The standard InChI is InChI=1S/C22H15ClFN3O3/c1-29-20-8-18(15(23)7-16(20)24)27-22-13(9-25)10-26-17-4-12-5-19(28)21(30-2)6-11(12)3-14(17)22/h3-8,10,26-27H,1-2H3. The van der Waals surface area contributed by atoms with Gasteiger partial charge in [0.2, 0.25) is 5.43 Å². The molecule has 0 bridgehead atoms. The summed E-state index contributed by atoms with van der Waals surface area (Å²) >= 11 is 6.21. The van der Waals surface area contributed by atoms with Crippen LogP contribution in [0.2, 0.25) is 5.02 Å². The molecule has 4 rings (SSSR count). The number of aromatic amines is 1. The van der Waals surface area contributed by atoms with Gasteiger partial charge in [-0.25, -0.2) is 4.39 Å². The maximum atomic E-state index is 13.9. The first kappa shape index (κ1) is 19.6. The zero-order chi connectivity index (χ0) is 21.4. The first-order valence-electron chi connectivity index (χ1n) is 8.82. The van der Waals surface area contributed by atoms with Gasteiger partial charge in [0.25, 0.3) is 0 Å². The van der Waals surface area contributed by atoms with E-state index < -0.39 is 5.82 Å². The van der Waals surface area contributed by atoms with Crippen LogP contribution in [-0.2, 0) is 0 Å². The van der Waals surface area contributed by atoms with Crippen molar-refractivity contribution in [2.45, 2.75) is 0 Å². The van der Waals surface area contributed by atoms with E-state index in [1.54, 1.807) is 12.3 Å². The van der Waals surface area contributed by atoms with E-state index in [0.29, 0.717) is 27.8 Å². The van der Waals surface area contributed by atoms with E-state index in [2.05, 4.69) is 16.4 Å². The van der Waals surface area contributed by atoms with Crippen molar-refractivity contribution >= 4 is 44.7 Å². The van der Waals surface area contributed by atoms with Gasteiger partial charge in [-0.2, -0.15) is 5.26 Å². The van der Waals surface area contributed by atoms with E-state index in [-0.39, 0.29) is 22.0 Å². The Morgan fingerprint density at radius 1 is 1.07 bits per heavy atom. The quantitative estimate of drug-likeness (QED) is 0.445. The number of H-pyrrole nitrogens is 1. The zero-order valence-electron chi connectivity index (χ0n) is 16.0. The summed E-state index contributed by atoms with van der Waals surface area (Å²) in [4.78, 5) is 15.2. The minimum Gasteiger partial charge on any atom is -0.494 e. The number of hydrogen-bond donors (Lipinski definition) is 2. The summed E-state index contributed by atoms with van der Waals surface area (Å²) in [6.45, 7) is 0. The zero-order valence-corrected chi connectivity index (χ0v) is 16.7. The number of ether oxygens (including phenoxy) is 2.